The average Bonchev–Trinajstić information content (AvgIpc) is 3.92. The third kappa shape index (κ3) is 31.4. The molecule has 1 fully saturated rings. The number of phosphoric ester groups is 1. The molecule has 1 aliphatic heterocycles. The molecule has 13 heteroatoms. The Kier molecular flexibility index (Phi) is 31.1. The van der Waals surface area contributed by atoms with E-state index in [2.05, 4.69) is 48.8 Å². The van der Waals surface area contributed by atoms with Crippen molar-refractivity contribution in [3.63, 3.8) is 0 Å². The van der Waals surface area contributed by atoms with Gasteiger partial charge >= 0.3 is 25.7 Å². The first kappa shape index (κ1) is 50.7. The maximum atomic E-state index is 12.6. The van der Waals surface area contributed by atoms with E-state index in [9.17, 15) is 23.8 Å². The van der Waals surface area contributed by atoms with Gasteiger partial charge in [0.25, 0.3) is 0 Å². The molecule has 318 valence electrons. The number of carboxylic acids is 1. The number of esters is 2. The maximum absolute atomic E-state index is 12.6. The molecule has 0 radical (unpaired) electrons. The van der Waals surface area contributed by atoms with Gasteiger partial charge in [0.05, 0.1) is 25.4 Å². The van der Waals surface area contributed by atoms with Crippen LogP contribution in [0.25, 0.3) is 0 Å². The quantitative estimate of drug-likeness (QED) is 0.0177. The van der Waals surface area contributed by atoms with Gasteiger partial charge in [0.15, 0.2) is 6.10 Å². The lowest BCUT2D eigenvalue weighted by Gasteiger charge is -2.20. The van der Waals surface area contributed by atoms with Gasteiger partial charge in [0, 0.05) is 12.8 Å². The molecular formula is C42H74NO11P. The molecule has 0 amide bonds. The highest BCUT2D eigenvalue weighted by Crippen LogP contribution is 2.43. The zero-order valence-corrected chi connectivity index (χ0v) is 34.9. The van der Waals surface area contributed by atoms with E-state index in [4.69, 9.17) is 29.6 Å². The molecule has 1 heterocycles. The first-order valence-electron chi connectivity index (χ1n) is 21.1. The molecule has 0 saturated carbocycles. The van der Waals surface area contributed by atoms with E-state index in [1.807, 2.05) is 6.08 Å². The number of hydrogen-bond donors (Lipinski definition) is 3. The van der Waals surface area contributed by atoms with Crippen molar-refractivity contribution in [3.8, 4) is 0 Å². The van der Waals surface area contributed by atoms with Crippen LogP contribution in [0.5, 0.6) is 0 Å². The zero-order valence-electron chi connectivity index (χ0n) is 34.0. The zero-order chi connectivity index (χ0) is 40.4. The smallest absolute Gasteiger partial charge is 0.472 e. The van der Waals surface area contributed by atoms with E-state index in [1.54, 1.807) is 0 Å². The molecule has 3 unspecified atom stereocenters. The molecule has 0 spiro atoms. The fourth-order valence-corrected chi connectivity index (χ4v) is 6.58. The Morgan fingerprint density at radius 3 is 1.76 bits per heavy atom. The average molecular weight is 800 g/mol. The number of hydrogen-bond acceptors (Lipinski definition) is 10. The highest BCUT2D eigenvalue weighted by Gasteiger charge is 2.36. The van der Waals surface area contributed by atoms with Crippen molar-refractivity contribution >= 4 is 25.7 Å². The lowest BCUT2D eigenvalue weighted by molar-refractivity contribution is -0.161. The van der Waals surface area contributed by atoms with Crippen molar-refractivity contribution in [2.24, 2.45) is 5.73 Å². The second kappa shape index (κ2) is 33.8. The van der Waals surface area contributed by atoms with Gasteiger partial charge in [-0.05, 0) is 51.4 Å². The third-order valence-corrected chi connectivity index (χ3v) is 10.2. The molecule has 0 bridgehead atoms. The third-order valence-electron chi connectivity index (χ3n) is 9.29. The number of aliphatic carboxylic acids is 1. The summed E-state index contributed by atoms with van der Waals surface area (Å²) in [4.78, 5) is 45.9. The van der Waals surface area contributed by atoms with Crippen molar-refractivity contribution < 1.29 is 52.2 Å². The fraction of sp³-hybridized carbons (Fsp3) is 0.786. The maximum Gasteiger partial charge on any atom is 0.472 e. The van der Waals surface area contributed by atoms with Crippen LogP contribution in [-0.2, 0) is 42.2 Å². The molecule has 0 aliphatic carbocycles. The van der Waals surface area contributed by atoms with Crippen LogP contribution in [0.1, 0.15) is 168 Å². The summed E-state index contributed by atoms with van der Waals surface area (Å²) >= 11 is 0. The Morgan fingerprint density at radius 2 is 1.15 bits per heavy atom. The van der Waals surface area contributed by atoms with Gasteiger partial charge < -0.3 is 29.9 Å². The van der Waals surface area contributed by atoms with E-state index < -0.39 is 51.1 Å². The molecular weight excluding hydrogens is 725 g/mol. The van der Waals surface area contributed by atoms with E-state index in [0.717, 1.165) is 44.9 Å². The van der Waals surface area contributed by atoms with E-state index in [1.165, 1.54) is 77.0 Å². The molecule has 5 atom stereocenters. The van der Waals surface area contributed by atoms with E-state index in [0.29, 0.717) is 19.3 Å². The number of carbonyl (C=O) groups is 3. The molecule has 0 aromatic rings. The van der Waals surface area contributed by atoms with Crippen LogP contribution in [0.4, 0.5) is 0 Å². The van der Waals surface area contributed by atoms with Crippen LogP contribution < -0.4 is 5.73 Å². The number of allylic oxidation sites excluding steroid dienone is 4. The Hall–Kier alpha value is -2.34. The monoisotopic (exact) mass is 799 g/mol. The summed E-state index contributed by atoms with van der Waals surface area (Å²) in [6.07, 6.45) is 36.7. The predicted octanol–water partition coefficient (Wildman–Crippen LogP) is 9.83. The van der Waals surface area contributed by atoms with Crippen molar-refractivity contribution in [1.82, 2.24) is 0 Å². The number of unbranched alkanes of at least 4 members (excludes halogenated alkanes) is 16. The Morgan fingerprint density at radius 1 is 0.655 bits per heavy atom. The van der Waals surface area contributed by atoms with Gasteiger partial charge in [0.2, 0.25) is 0 Å². The summed E-state index contributed by atoms with van der Waals surface area (Å²) in [5.41, 5.74) is 5.33. The molecule has 0 aromatic carbocycles. The number of carboxylic acid groups (broad SMARTS) is 1. The molecule has 0 aromatic heterocycles. The minimum Gasteiger partial charge on any atom is -0.480 e. The number of rotatable bonds is 38. The highest BCUT2D eigenvalue weighted by atomic mass is 31.2. The Balaban J connectivity index is 2.34. The van der Waals surface area contributed by atoms with Gasteiger partial charge in [-0.15, -0.1) is 0 Å². The first-order chi connectivity index (χ1) is 26.6. The van der Waals surface area contributed by atoms with Crippen LogP contribution >= 0.6 is 7.82 Å². The van der Waals surface area contributed by atoms with Crippen LogP contribution in [0.15, 0.2) is 36.5 Å². The minimum atomic E-state index is -4.73. The Labute approximate surface area is 331 Å². The summed E-state index contributed by atoms with van der Waals surface area (Å²) in [7, 11) is -4.73. The first-order valence-corrected chi connectivity index (χ1v) is 22.6. The summed E-state index contributed by atoms with van der Waals surface area (Å²) < 4.78 is 38.4. The summed E-state index contributed by atoms with van der Waals surface area (Å²) in [6, 6.07) is -1.53. The normalized spacial score (nSPS) is 17.8. The number of nitrogens with two attached hydrogens (primary N) is 1. The largest absolute Gasteiger partial charge is 0.480 e. The Bertz CT molecular complexity index is 1140. The molecule has 1 saturated heterocycles. The standard InChI is InChI=1S/C42H74NO11P/c1-3-5-7-9-11-13-14-15-16-18-20-22-28-32-41(45)53-36(34-51-55(48,49)52-35-37(43)42(46)47)33-50-40(44)31-27-24-23-26-30-39-38(54-39)29-25-21-19-17-12-10-8-6-4-2/h12,17,21,23,25-26,36-39H,3-11,13-16,18-20,22,24,27-35,43H2,1-2H3,(H,46,47)(H,48,49)/b17-12-,25-21-,26-23-/t36-,37+,38?,39?/m1/s1. The van der Waals surface area contributed by atoms with Gasteiger partial charge in [-0.25, -0.2) is 4.57 Å². The number of carbonyl (C=O) groups excluding carboxylic acids is 2. The van der Waals surface area contributed by atoms with Crippen LogP contribution in [-0.4, -0.2) is 72.1 Å². The fourth-order valence-electron chi connectivity index (χ4n) is 5.80. The van der Waals surface area contributed by atoms with Gasteiger partial charge in [-0.3, -0.25) is 23.4 Å². The molecule has 12 nitrogen and oxygen atoms in total. The lowest BCUT2D eigenvalue weighted by Crippen LogP contribution is -2.34. The van der Waals surface area contributed by atoms with E-state index in [-0.39, 0.29) is 31.7 Å². The number of ether oxygens (including phenoxy) is 3. The van der Waals surface area contributed by atoms with Gasteiger partial charge in [-0.1, -0.05) is 140 Å². The lowest BCUT2D eigenvalue weighted by atomic mass is 10.0. The summed E-state index contributed by atoms with van der Waals surface area (Å²) in [6.45, 7) is 2.70. The summed E-state index contributed by atoms with van der Waals surface area (Å²) in [5.74, 6) is -2.46. The second-order valence-electron chi connectivity index (χ2n) is 14.5. The highest BCUT2D eigenvalue weighted by molar-refractivity contribution is 7.47. The van der Waals surface area contributed by atoms with Crippen molar-refractivity contribution in [2.75, 3.05) is 19.8 Å². The predicted molar refractivity (Wildman–Crippen MR) is 216 cm³/mol. The molecule has 1 aliphatic rings. The van der Waals surface area contributed by atoms with Gasteiger partial charge in [0.1, 0.15) is 12.6 Å². The minimum absolute atomic E-state index is 0.139. The number of phosphoric acid groups is 1. The number of epoxide rings is 1. The van der Waals surface area contributed by atoms with Crippen molar-refractivity contribution in [3.05, 3.63) is 36.5 Å². The second-order valence-corrected chi connectivity index (χ2v) is 16.0. The summed E-state index contributed by atoms with van der Waals surface area (Å²) in [5, 5.41) is 8.88. The van der Waals surface area contributed by atoms with Crippen LogP contribution in [0.2, 0.25) is 0 Å². The SMILES string of the molecule is CCCCC/C=C\C/C=C\CC1OC1C/C=C\CCCC(=O)OC[C@H](COP(=O)(O)OC[C@H](N)C(=O)O)OC(=O)CCCCCCCCCCCCCCC. The van der Waals surface area contributed by atoms with E-state index >= 15 is 0 Å². The molecule has 55 heavy (non-hydrogen) atoms. The molecule has 4 N–H and O–H groups in total. The van der Waals surface area contributed by atoms with Crippen LogP contribution in [0.3, 0.4) is 0 Å². The molecule has 1 rings (SSSR count). The van der Waals surface area contributed by atoms with Crippen LogP contribution in [0, 0.1) is 0 Å². The van der Waals surface area contributed by atoms with Crippen molar-refractivity contribution in [1.29, 1.82) is 0 Å². The van der Waals surface area contributed by atoms with Gasteiger partial charge in [-0.2, -0.15) is 0 Å². The van der Waals surface area contributed by atoms with Crippen molar-refractivity contribution in [2.45, 2.75) is 192 Å². The topological polar surface area (TPSA) is 184 Å².